The number of hydrogen-bond acceptors (Lipinski definition) is 24. The number of aliphatic hydroxyl groups excluding tert-OH is 2. The number of primary amides is 1. The lowest BCUT2D eigenvalue weighted by molar-refractivity contribution is -0.160. The van der Waals surface area contributed by atoms with Crippen LogP contribution in [-0.4, -0.2) is 169 Å². The number of phenols is 2. The summed E-state index contributed by atoms with van der Waals surface area (Å²) in [5.74, 6) is -11.9. The number of carbonyl (C=O) groups is 10. The molecule has 1 fully saturated rings. The van der Waals surface area contributed by atoms with E-state index in [2.05, 4.69) is 26.4 Å². The Balaban J connectivity index is 0.821. The molecule has 10 N–H and O–H groups in total. The lowest BCUT2D eigenvalue weighted by Crippen LogP contribution is -2.46. The maximum absolute atomic E-state index is 15.2. The van der Waals surface area contributed by atoms with E-state index in [0.29, 0.717) is 74.2 Å². The molecule has 3 aromatic carbocycles. The number of ketones is 2. The van der Waals surface area contributed by atoms with Gasteiger partial charge < -0.3 is 80.4 Å². The van der Waals surface area contributed by atoms with E-state index in [4.69, 9.17) is 38.8 Å². The topological polar surface area (TPSA) is 439 Å². The van der Waals surface area contributed by atoms with Gasteiger partial charge in [-0.3, -0.25) is 48.1 Å². The van der Waals surface area contributed by atoms with Crippen LogP contribution >= 0.6 is 0 Å². The maximum Gasteiger partial charge on any atom is 0.435 e. The number of aromatic nitrogens is 3. The van der Waals surface area contributed by atoms with Crippen molar-refractivity contribution < 1.29 is 96.5 Å². The van der Waals surface area contributed by atoms with Crippen LogP contribution in [0.2, 0.25) is 0 Å². The Labute approximate surface area is 646 Å². The average Bonchev–Trinajstić information content (AvgIpc) is 1.42. The third-order valence-corrected chi connectivity index (χ3v) is 21.4. The summed E-state index contributed by atoms with van der Waals surface area (Å²) in [5.41, 5.74) is 5.36. The molecule has 6 aliphatic rings. The molecule has 5 aliphatic heterocycles. The molecule has 4 bridgehead atoms. The van der Waals surface area contributed by atoms with Gasteiger partial charge in [-0.05, 0) is 88.1 Å². The number of methoxy groups -OCH3 is 1. The molecule has 0 spiro atoms. The number of phenolic OH excluding ortho intramolecular Hbond substituents is 2. The molecule has 31 nitrogen and oxygen atoms in total. The number of rotatable bonds is 23. The number of amides is 7. The zero-order valence-corrected chi connectivity index (χ0v) is 64.5. The van der Waals surface area contributed by atoms with E-state index in [1.54, 1.807) is 90.1 Å². The van der Waals surface area contributed by atoms with E-state index in [9.17, 15) is 63.6 Å². The highest BCUT2D eigenvalue weighted by molar-refractivity contribution is 6.22. The standard InChI is InChI=1S/C81H98N10O21/c1-41(2)65(85-59(95)20-13-12-14-32-90-60(96)25-26-61(90)97)55(93)37-51(19-16-31-83-79(82)105)78(104)84-52-23-21-49(22-24-52)40-108-80(106)91-35-29-54(88-91)50-27-33-89(34-28-50)53-38-56(94)66-58(39-53)111-75-67(86-66)62-63-71(100)47(8)74-64(62)76(102)81(10,112-74)109-36-30-57(107-11)44(5)73(110-48(9)92)46(7)70(99)45(6)69(98)42(3)17-15-18-43(4)77(103)87-68(75)72(63)101/h15,17-18,21-26,29-30,35-36,38-39,41-42,44-46,50-51,57,65,69-70,73,94,98-100H,12-14,16,19-20,27-28,31-34,37,40H2,1-11H3,(H,84,104)(H,85,95)(H,87,103)(H3,82,83,105)/b17-15+,36-30+,43-18-/t42-,44+,45+,46+,51+,57-,65-,69-,70+,73+,81-/m0/s1. The number of carbonyl (C=O) groups excluding carboxylic acids is 10. The van der Waals surface area contributed by atoms with Crippen molar-refractivity contribution in [2.75, 3.05) is 48.8 Å². The molecule has 6 heterocycles. The number of esters is 1. The first-order valence-corrected chi connectivity index (χ1v) is 37.6. The van der Waals surface area contributed by atoms with Crippen LogP contribution < -0.4 is 42.1 Å². The van der Waals surface area contributed by atoms with E-state index in [1.807, 2.05) is 4.90 Å². The van der Waals surface area contributed by atoms with Crippen LogP contribution in [0.15, 0.2) is 106 Å². The van der Waals surface area contributed by atoms with Crippen LogP contribution in [0, 0.1) is 42.4 Å². The number of nitrogens with zero attached hydrogens (tertiary/aromatic N) is 5. The minimum Gasteiger partial charge on any atom is -0.507 e. The SMILES string of the molecule is CO[C@H]1/C=C/O[C@@]2(C)Oc3c(C)c(O)c4c(=O)c(c5oc6cc(N7CCC(c8ccn(C(=O)OCc9ccc(NC(=O)[C@H](CCCNC(N)=O)CC(=O)[C@@H](NC(=O)CCCCCN%10C(=O)C=CC%10=O)C(C)C)cc9)n8)CC7)cc(O)c6nc-5c4c3C2=O)NC(=O)/C(C)=C\C=C\[C@H](C)[C@H](O)[C@@H](C)[C@@H](O)[C@@H](C)[C@H](OC(C)=O)[C@@H]1C. The lowest BCUT2D eigenvalue weighted by Gasteiger charge is -2.38. The fraction of sp³-hybridized carbons (Fsp3) is 0.469. The number of hydrogen-bond donors (Lipinski definition) is 9. The number of nitrogens with one attached hydrogen (secondary N) is 4. The van der Waals surface area contributed by atoms with E-state index in [-0.39, 0.29) is 130 Å². The van der Waals surface area contributed by atoms with E-state index in [1.165, 1.54) is 77.6 Å². The van der Waals surface area contributed by atoms with Gasteiger partial charge in [-0.2, -0.15) is 9.78 Å². The molecule has 4 aromatic rings. The number of allylic oxidation sites excluding steroid dienone is 2. The van der Waals surface area contributed by atoms with Gasteiger partial charge in [0.05, 0.1) is 47.3 Å². The number of imide groups is 1. The van der Waals surface area contributed by atoms with Crippen molar-refractivity contribution in [1.82, 2.24) is 30.3 Å². The molecule has 1 aliphatic carbocycles. The van der Waals surface area contributed by atoms with Gasteiger partial charge in [0.2, 0.25) is 17.2 Å². The molecule has 0 unspecified atom stereocenters. The van der Waals surface area contributed by atoms with Crippen LogP contribution in [0.1, 0.15) is 153 Å². The van der Waals surface area contributed by atoms with Crippen molar-refractivity contribution in [2.24, 2.45) is 41.2 Å². The van der Waals surface area contributed by atoms with Crippen molar-refractivity contribution in [2.45, 2.75) is 176 Å². The highest BCUT2D eigenvalue weighted by atomic mass is 16.7. The Kier molecular flexibility index (Phi) is 26.6. The van der Waals surface area contributed by atoms with E-state index in [0.717, 1.165) is 9.58 Å². The third kappa shape index (κ3) is 18.7. The average molecular weight is 1550 g/mol. The summed E-state index contributed by atoms with van der Waals surface area (Å²) in [5, 5.41) is 62.1. The summed E-state index contributed by atoms with van der Waals surface area (Å²) in [6, 6.07) is 9.72. The van der Waals surface area contributed by atoms with Crippen LogP contribution in [-0.2, 0) is 59.1 Å². The van der Waals surface area contributed by atoms with Crippen LogP contribution in [0.25, 0.3) is 33.3 Å². The number of piperidine rings is 1. The number of nitrogens with two attached hydrogens (primary N) is 1. The third-order valence-electron chi connectivity index (χ3n) is 21.4. The molecule has 31 heteroatoms. The fourth-order valence-electron chi connectivity index (χ4n) is 14.8. The summed E-state index contributed by atoms with van der Waals surface area (Å²) < 4.78 is 37.4. The highest BCUT2D eigenvalue weighted by Gasteiger charge is 2.50. The first-order chi connectivity index (χ1) is 53.2. The van der Waals surface area contributed by atoms with Gasteiger partial charge in [-0.25, -0.2) is 14.6 Å². The Morgan fingerprint density at radius 3 is 2.24 bits per heavy atom. The summed E-state index contributed by atoms with van der Waals surface area (Å²) in [6.45, 7) is 16.9. The summed E-state index contributed by atoms with van der Waals surface area (Å²) in [4.78, 5) is 155. The van der Waals surface area contributed by atoms with Gasteiger partial charge >= 0.3 is 23.9 Å². The Bertz CT molecular complexity index is 4750. The van der Waals surface area contributed by atoms with E-state index < -0.39 is 124 Å². The number of ether oxygens (including phenoxy) is 5. The second-order valence-electron chi connectivity index (χ2n) is 29.8. The minimum absolute atomic E-state index is 0.0311. The first kappa shape index (κ1) is 83.2. The number of aliphatic hydroxyl groups is 2. The zero-order valence-electron chi connectivity index (χ0n) is 64.5. The van der Waals surface area contributed by atoms with Crippen LogP contribution in [0.4, 0.5) is 26.7 Å². The molecule has 10 rings (SSSR count). The zero-order chi connectivity index (χ0) is 81.3. The van der Waals surface area contributed by atoms with Crippen molar-refractivity contribution >= 4 is 98.1 Å². The number of urea groups is 1. The monoisotopic (exact) mass is 1550 g/mol. The van der Waals surface area contributed by atoms with Gasteiger partial charge in [-0.15, -0.1) is 0 Å². The van der Waals surface area contributed by atoms with Gasteiger partial charge in [0.15, 0.2) is 17.1 Å². The van der Waals surface area contributed by atoms with Crippen molar-refractivity contribution in [3.8, 4) is 28.7 Å². The van der Waals surface area contributed by atoms with Gasteiger partial charge in [0.25, 0.3) is 23.5 Å². The highest BCUT2D eigenvalue weighted by Crippen LogP contribution is 2.51. The number of Topliss-reactive ketones (excluding diaryl/α,β-unsaturated/α-hetero) is 2. The molecule has 598 valence electrons. The van der Waals surface area contributed by atoms with Crippen molar-refractivity contribution in [3.05, 3.63) is 130 Å². The van der Waals surface area contributed by atoms with Gasteiger partial charge in [0, 0.05) is 154 Å². The molecular formula is C81H98N10O21. The maximum atomic E-state index is 15.2. The van der Waals surface area contributed by atoms with Gasteiger partial charge in [-0.1, -0.05) is 78.3 Å². The lowest BCUT2D eigenvalue weighted by atomic mass is 9.78. The minimum atomic E-state index is -2.17. The molecule has 112 heavy (non-hydrogen) atoms. The molecular weight excluding hydrogens is 1450 g/mol. The quantitative estimate of drug-likeness (QED) is 0.00949. The normalized spacial score (nSPS) is 23.5. The first-order valence-electron chi connectivity index (χ1n) is 37.6. The second kappa shape index (κ2) is 35.8. The Morgan fingerprint density at radius 2 is 1.57 bits per heavy atom. The summed E-state index contributed by atoms with van der Waals surface area (Å²) >= 11 is 0. The molecule has 1 saturated heterocycles. The second-order valence-corrected chi connectivity index (χ2v) is 29.8. The number of benzene rings is 4. The van der Waals surface area contributed by atoms with Crippen LogP contribution in [0.5, 0.6) is 17.2 Å². The van der Waals surface area contributed by atoms with E-state index >= 15 is 9.59 Å². The smallest absolute Gasteiger partial charge is 0.435 e. The summed E-state index contributed by atoms with van der Waals surface area (Å²) in [7, 11) is 1.41. The molecule has 0 saturated carbocycles. The molecule has 7 amide bonds. The summed E-state index contributed by atoms with van der Waals surface area (Å²) in [6.07, 6.45) is 9.26. The Morgan fingerprint density at radius 1 is 0.866 bits per heavy atom. The van der Waals surface area contributed by atoms with Gasteiger partial charge in [0.1, 0.15) is 46.9 Å². The fourth-order valence-corrected chi connectivity index (χ4v) is 14.8. The number of anilines is 3. The van der Waals surface area contributed by atoms with Crippen molar-refractivity contribution in [1.29, 1.82) is 0 Å². The largest absolute Gasteiger partial charge is 0.507 e. The number of aromatic hydroxyl groups is 2. The predicted octanol–water partition coefficient (Wildman–Crippen LogP) is 9.01. The number of fused-ring (bicyclic) bond motifs is 2. The number of unbranched alkanes of at least 4 members (excludes halogenated alkanes) is 2. The molecule has 0 radical (unpaired) electrons. The molecule has 1 aromatic heterocycles. The van der Waals surface area contributed by atoms with Crippen molar-refractivity contribution in [3.63, 3.8) is 0 Å². The predicted molar refractivity (Wildman–Crippen MR) is 411 cm³/mol. The molecule has 11 atom stereocenters. The Hall–Kier alpha value is -11.3. The van der Waals surface area contributed by atoms with Crippen LogP contribution in [0.3, 0.4) is 0 Å².